The first-order chi connectivity index (χ1) is 13.2. The van der Waals surface area contributed by atoms with E-state index in [1.807, 2.05) is 20.8 Å². The van der Waals surface area contributed by atoms with Crippen molar-refractivity contribution in [1.82, 2.24) is 10.2 Å². The zero-order chi connectivity index (χ0) is 20.9. The van der Waals surface area contributed by atoms with E-state index in [9.17, 15) is 18.4 Å². The van der Waals surface area contributed by atoms with Crippen LogP contribution in [-0.4, -0.2) is 48.5 Å². The predicted octanol–water partition coefficient (Wildman–Crippen LogP) is 2.63. The third kappa shape index (κ3) is 5.19. The first-order valence-electron chi connectivity index (χ1n) is 9.53. The highest BCUT2D eigenvalue weighted by Gasteiger charge is 2.35. The van der Waals surface area contributed by atoms with Crippen LogP contribution >= 0.6 is 0 Å². The summed E-state index contributed by atoms with van der Waals surface area (Å²) in [5, 5.41) is 3.02. The van der Waals surface area contributed by atoms with Gasteiger partial charge in [-0.2, -0.15) is 8.78 Å². The zero-order valence-electron chi connectivity index (χ0n) is 16.6. The Morgan fingerprint density at radius 2 is 2.04 bits per heavy atom. The molecule has 0 aromatic heterocycles. The van der Waals surface area contributed by atoms with E-state index in [0.29, 0.717) is 25.9 Å². The van der Waals surface area contributed by atoms with E-state index in [1.165, 1.54) is 23.1 Å². The Morgan fingerprint density at radius 3 is 2.64 bits per heavy atom. The van der Waals surface area contributed by atoms with Crippen LogP contribution in [0.5, 0.6) is 5.75 Å². The van der Waals surface area contributed by atoms with E-state index >= 15 is 0 Å². The van der Waals surface area contributed by atoms with Crippen molar-refractivity contribution in [2.24, 2.45) is 17.6 Å². The van der Waals surface area contributed by atoms with Gasteiger partial charge in [-0.1, -0.05) is 26.0 Å². The van der Waals surface area contributed by atoms with Gasteiger partial charge < -0.3 is 20.7 Å². The lowest BCUT2D eigenvalue weighted by Crippen LogP contribution is -2.58. The van der Waals surface area contributed by atoms with E-state index < -0.39 is 18.1 Å². The first kappa shape index (κ1) is 22.1. The molecule has 156 valence electrons. The number of amides is 2. The highest BCUT2D eigenvalue weighted by atomic mass is 19.3. The van der Waals surface area contributed by atoms with Crippen LogP contribution in [-0.2, 0) is 4.79 Å². The van der Waals surface area contributed by atoms with Gasteiger partial charge in [0.05, 0.1) is 17.0 Å². The van der Waals surface area contributed by atoms with Crippen molar-refractivity contribution in [1.29, 1.82) is 0 Å². The second-order valence-corrected chi connectivity index (χ2v) is 7.73. The molecule has 2 rings (SSSR count). The average molecular weight is 397 g/mol. The summed E-state index contributed by atoms with van der Waals surface area (Å²) in [6.45, 7) is 3.87. The fraction of sp³-hybridized carbons (Fsp3) is 0.600. The normalized spacial score (nSPS) is 19.4. The number of carbonyl (C=O) groups excluding carboxylic acids is 2. The van der Waals surface area contributed by atoms with Gasteiger partial charge in [-0.15, -0.1) is 0 Å². The molecular formula is C20H29F2N3O3. The van der Waals surface area contributed by atoms with E-state index in [4.69, 9.17) is 5.73 Å². The van der Waals surface area contributed by atoms with Crippen LogP contribution in [0.1, 0.15) is 44.0 Å². The number of nitrogens with two attached hydrogens (primary N) is 1. The molecule has 3 N–H and O–H groups in total. The Hall–Kier alpha value is -2.22. The van der Waals surface area contributed by atoms with Gasteiger partial charge in [0.25, 0.3) is 5.91 Å². The van der Waals surface area contributed by atoms with Gasteiger partial charge in [-0.25, -0.2) is 0 Å². The van der Waals surface area contributed by atoms with Crippen molar-refractivity contribution >= 4 is 11.8 Å². The van der Waals surface area contributed by atoms with Crippen molar-refractivity contribution in [2.45, 2.75) is 45.8 Å². The second kappa shape index (κ2) is 9.32. The van der Waals surface area contributed by atoms with Crippen LogP contribution in [0.2, 0.25) is 0 Å². The summed E-state index contributed by atoms with van der Waals surface area (Å²) in [4.78, 5) is 27.2. The third-order valence-electron chi connectivity index (χ3n) is 5.52. The molecule has 2 unspecified atom stereocenters. The molecule has 1 fully saturated rings. The number of ether oxygens (including phenoxy) is 1. The van der Waals surface area contributed by atoms with Crippen LogP contribution in [0.25, 0.3) is 0 Å². The maximum atomic E-state index is 12.9. The molecule has 8 heteroatoms. The predicted molar refractivity (Wildman–Crippen MR) is 102 cm³/mol. The summed E-state index contributed by atoms with van der Waals surface area (Å²) in [6.07, 6.45) is 1.31. The minimum atomic E-state index is -3.01. The number of halogens is 2. The summed E-state index contributed by atoms with van der Waals surface area (Å²) in [6, 6.07) is 5.91. The van der Waals surface area contributed by atoms with Crippen LogP contribution in [0, 0.1) is 11.8 Å². The number of alkyl halides is 2. The van der Waals surface area contributed by atoms with Gasteiger partial charge in [0, 0.05) is 19.6 Å². The number of hydrogen-bond donors (Lipinski definition) is 2. The van der Waals surface area contributed by atoms with Crippen LogP contribution in [0.3, 0.4) is 0 Å². The highest BCUT2D eigenvalue weighted by molar-refractivity contribution is 5.97. The van der Waals surface area contributed by atoms with Crippen molar-refractivity contribution in [3.05, 3.63) is 29.8 Å². The van der Waals surface area contributed by atoms with Gasteiger partial charge in [0.2, 0.25) is 5.91 Å². The SMILES string of the molecule is CC(C)C(C)(CN)NC(=O)C1CCCN(C(=O)c2ccccc2OC(F)F)C1. The second-order valence-electron chi connectivity index (χ2n) is 7.73. The maximum absolute atomic E-state index is 12.9. The molecule has 1 saturated heterocycles. The average Bonchev–Trinajstić information content (AvgIpc) is 2.67. The molecule has 6 nitrogen and oxygen atoms in total. The monoisotopic (exact) mass is 397 g/mol. The Labute approximate surface area is 164 Å². The molecule has 2 atom stereocenters. The number of benzene rings is 1. The zero-order valence-corrected chi connectivity index (χ0v) is 16.6. The van der Waals surface area contributed by atoms with Crippen molar-refractivity contribution in [2.75, 3.05) is 19.6 Å². The Bertz CT molecular complexity index is 699. The minimum Gasteiger partial charge on any atom is -0.434 e. The van der Waals surface area contributed by atoms with Gasteiger partial charge in [0.15, 0.2) is 0 Å². The smallest absolute Gasteiger partial charge is 0.387 e. The van der Waals surface area contributed by atoms with Crippen LogP contribution < -0.4 is 15.8 Å². The number of piperidine rings is 1. The van der Waals surface area contributed by atoms with Crippen molar-refractivity contribution in [3.63, 3.8) is 0 Å². The number of nitrogens with one attached hydrogen (secondary N) is 1. The van der Waals surface area contributed by atoms with Gasteiger partial charge >= 0.3 is 6.61 Å². The number of nitrogens with zero attached hydrogens (tertiary/aromatic N) is 1. The molecule has 1 heterocycles. The lowest BCUT2D eigenvalue weighted by molar-refractivity contribution is -0.128. The van der Waals surface area contributed by atoms with Gasteiger partial charge in [-0.3, -0.25) is 9.59 Å². The summed E-state index contributed by atoms with van der Waals surface area (Å²) in [5.41, 5.74) is 5.38. The summed E-state index contributed by atoms with van der Waals surface area (Å²) >= 11 is 0. The van der Waals surface area contributed by atoms with Gasteiger partial charge in [-0.05, 0) is 37.8 Å². The summed E-state index contributed by atoms with van der Waals surface area (Å²) in [7, 11) is 0. The molecule has 0 bridgehead atoms. The molecule has 0 aliphatic carbocycles. The maximum Gasteiger partial charge on any atom is 0.387 e. The first-order valence-corrected chi connectivity index (χ1v) is 9.53. The number of rotatable bonds is 7. The van der Waals surface area contributed by atoms with Crippen LogP contribution in [0.4, 0.5) is 8.78 Å². The Kier molecular flexibility index (Phi) is 7.35. The molecule has 2 amide bonds. The van der Waals surface area contributed by atoms with E-state index in [1.54, 1.807) is 6.07 Å². The molecule has 0 saturated carbocycles. The standard InChI is InChI=1S/C20H29F2N3O3/c1-13(2)20(3,12-23)24-17(26)14-7-6-10-25(11-14)18(27)15-8-4-5-9-16(15)28-19(21)22/h4-5,8-9,13-14,19H,6-7,10-12,23H2,1-3H3,(H,24,26). The van der Waals surface area contributed by atoms with E-state index in [-0.39, 0.29) is 35.6 Å². The number of likely N-dealkylation sites (tertiary alicyclic amines) is 1. The van der Waals surface area contributed by atoms with Crippen molar-refractivity contribution < 1.29 is 23.1 Å². The third-order valence-corrected chi connectivity index (χ3v) is 5.52. The molecule has 28 heavy (non-hydrogen) atoms. The van der Waals surface area contributed by atoms with Crippen molar-refractivity contribution in [3.8, 4) is 5.75 Å². The Morgan fingerprint density at radius 1 is 1.36 bits per heavy atom. The molecule has 0 spiro atoms. The quantitative estimate of drug-likeness (QED) is 0.741. The lowest BCUT2D eigenvalue weighted by atomic mass is 9.87. The lowest BCUT2D eigenvalue weighted by Gasteiger charge is -2.37. The van der Waals surface area contributed by atoms with Gasteiger partial charge in [0.1, 0.15) is 5.75 Å². The van der Waals surface area contributed by atoms with E-state index in [0.717, 1.165) is 0 Å². The summed E-state index contributed by atoms with van der Waals surface area (Å²) < 4.78 is 29.7. The molecular weight excluding hydrogens is 368 g/mol. The molecule has 1 aromatic carbocycles. The molecule has 1 aliphatic heterocycles. The fourth-order valence-electron chi connectivity index (χ4n) is 3.20. The minimum absolute atomic E-state index is 0.0674. The topological polar surface area (TPSA) is 84.7 Å². The molecule has 1 aliphatic rings. The number of para-hydroxylation sites is 1. The fourth-order valence-corrected chi connectivity index (χ4v) is 3.20. The number of hydrogen-bond acceptors (Lipinski definition) is 4. The summed E-state index contributed by atoms with van der Waals surface area (Å²) in [5.74, 6) is -0.938. The van der Waals surface area contributed by atoms with Crippen LogP contribution in [0.15, 0.2) is 24.3 Å². The molecule has 1 aromatic rings. The Balaban J connectivity index is 2.11. The molecule has 0 radical (unpaired) electrons. The van der Waals surface area contributed by atoms with E-state index in [2.05, 4.69) is 10.1 Å². The highest BCUT2D eigenvalue weighted by Crippen LogP contribution is 2.26. The number of carbonyl (C=O) groups is 2. The largest absolute Gasteiger partial charge is 0.434 e.